The number of carbonyl (C=O) groups is 4. The summed E-state index contributed by atoms with van der Waals surface area (Å²) in [4.78, 5) is 62.7. The molecule has 0 saturated heterocycles. The molecule has 0 aliphatic heterocycles. The first-order chi connectivity index (χ1) is 20.3. The molecule has 0 amide bonds. The van der Waals surface area contributed by atoms with Gasteiger partial charge in [-0.3, -0.25) is 19.9 Å². The highest BCUT2D eigenvalue weighted by Gasteiger charge is 2.13. The lowest BCUT2D eigenvalue weighted by molar-refractivity contribution is 0.0516. The van der Waals surface area contributed by atoms with Crippen molar-refractivity contribution in [3.8, 4) is 22.8 Å². The summed E-state index contributed by atoms with van der Waals surface area (Å²) in [5.41, 5.74) is 3.65. The van der Waals surface area contributed by atoms with Gasteiger partial charge in [-0.1, -0.05) is 0 Å². The number of hydrogen-bond donors (Lipinski definition) is 0. The van der Waals surface area contributed by atoms with Gasteiger partial charge in [0.25, 0.3) is 0 Å². The fourth-order valence-electron chi connectivity index (χ4n) is 3.39. The zero-order chi connectivity index (χ0) is 30.5. The van der Waals surface area contributed by atoms with Gasteiger partial charge in [0.1, 0.15) is 0 Å². The van der Waals surface area contributed by atoms with Crippen molar-refractivity contribution in [2.75, 3.05) is 27.4 Å². The number of esters is 4. The Balaban J connectivity index is 0.000000231. The molecule has 0 aliphatic carbocycles. The molecular weight excluding hydrogens is 544 g/mol. The molecule has 0 fully saturated rings. The average Bonchev–Trinajstić information content (AvgIpc) is 3.05. The van der Waals surface area contributed by atoms with Crippen LogP contribution < -0.4 is 0 Å². The number of nitrogens with zero attached hydrogens (tertiary/aromatic N) is 4. The predicted molar refractivity (Wildman–Crippen MR) is 150 cm³/mol. The van der Waals surface area contributed by atoms with Gasteiger partial charge in [-0.25, -0.2) is 19.2 Å². The van der Waals surface area contributed by atoms with Crippen LogP contribution in [-0.2, 0) is 18.9 Å². The molecule has 4 aromatic rings. The van der Waals surface area contributed by atoms with Gasteiger partial charge < -0.3 is 18.9 Å². The van der Waals surface area contributed by atoms with Crippen molar-refractivity contribution in [1.82, 2.24) is 19.9 Å². The summed E-state index contributed by atoms with van der Waals surface area (Å²) in [6.45, 7) is 4.08. The van der Waals surface area contributed by atoms with E-state index in [9.17, 15) is 19.2 Å². The summed E-state index contributed by atoms with van der Waals surface area (Å²) >= 11 is 0. The van der Waals surface area contributed by atoms with Crippen LogP contribution in [0, 0.1) is 0 Å². The minimum Gasteiger partial charge on any atom is -0.465 e. The Morgan fingerprint density at radius 3 is 1.24 bits per heavy atom. The van der Waals surface area contributed by atoms with Crippen molar-refractivity contribution in [3.05, 3.63) is 95.6 Å². The van der Waals surface area contributed by atoms with Crippen LogP contribution in [0.15, 0.2) is 73.3 Å². The minimum absolute atomic E-state index is 0.299. The van der Waals surface area contributed by atoms with Crippen molar-refractivity contribution in [2.24, 2.45) is 0 Å². The molecule has 12 nitrogen and oxygen atoms in total. The van der Waals surface area contributed by atoms with Gasteiger partial charge in [0, 0.05) is 24.8 Å². The first-order valence-electron chi connectivity index (χ1n) is 12.7. The summed E-state index contributed by atoms with van der Waals surface area (Å²) in [5, 5.41) is 0. The lowest BCUT2D eigenvalue weighted by atomic mass is 10.1. The number of carbonyl (C=O) groups excluding carboxylic acids is 4. The van der Waals surface area contributed by atoms with Crippen LogP contribution in [0.3, 0.4) is 0 Å². The zero-order valence-corrected chi connectivity index (χ0v) is 23.4. The normalized spacial score (nSPS) is 10.0. The molecule has 0 aliphatic rings. The monoisotopic (exact) mass is 572 g/mol. The summed E-state index contributed by atoms with van der Waals surface area (Å²) in [7, 11) is 2.62. The highest BCUT2D eigenvalue weighted by Crippen LogP contribution is 2.18. The number of pyridine rings is 4. The van der Waals surface area contributed by atoms with Crippen LogP contribution in [0.4, 0.5) is 0 Å². The molecule has 42 heavy (non-hydrogen) atoms. The molecule has 4 rings (SSSR count). The molecular formula is C30H28N4O8. The summed E-state index contributed by atoms with van der Waals surface area (Å²) < 4.78 is 19.1. The molecule has 216 valence electrons. The fraction of sp³-hybridized carbons (Fsp3) is 0.200. The molecule has 0 atom stereocenters. The minimum atomic E-state index is -0.446. The molecule has 0 spiro atoms. The van der Waals surface area contributed by atoms with Crippen molar-refractivity contribution in [2.45, 2.75) is 13.8 Å². The number of hydrogen-bond acceptors (Lipinski definition) is 12. The van der Waals surface area contributed by atoms with Gasteiger partial charge in [0.05, 0.1) is 72.5 Å². The van der Waals surface area contributed by atoms with Crippen LogP contribution in [0.1, 0.15) is 55.3 Å². The van der Waals surface area contributed by atoms with E-state index < -0.39 is 23.9 Å². The maximum Gasteiger partial charge on any atom is 0.339 e. The molecule has 4 aromatic heterocycles. The van der Waals surface area contributed by atoms with E-state index >= 15 is 0 Å². The van der Waals surface area contributed by atoms with Crippen molar-refractivity contribution in [1.29, 1.82) is 0 Å². The van der Waals surface area contributed by atoms with Crippen LogP contribution in [0.25, 0.3) is 22.8 Å². The zero-order valence-electron chi connectivity index (χ0n) is 23.4. The molecule has 12 heteroatoms. The van der Waals surface area contributed by atoms with Crippen molar-refractivity contribution in [3.63, 3.8) is 0 Å². The highest BCUT2D eigenvalue weighted by atomic mass is 16.5. The Morgan fingerprint density at radius 2 is 0.929 bits per heavy atom. The number of aromatic nitrogens is 4. The predicted octanol–water partition coefficient (Wildman–Crippen LogP) is 4.21. The molecule has 0 unspecified atom stereocenters. The molecule has 0 radical (unpaired) electrons. The van der Waals surface area contributed by atoms with E-state index in [0.29, 0.717) is 58.2 Å². The van der Waals surface area contributed by atoms with E-state index in [0.717, 1.165) is 0 Å². The molecule has 0 N–H and O–H groups in total. The fourth-order valence-corrected chi connectivity index (χ4v) is 3.39. The quantitative estimate of drug-likeness (QED) is 0.219. The maximum absolute atomic E-state index is 11.7. The highest BCUT2D eigenvalue weighted by molar-refractivity contribution is 5.92. The second-order valence-corrected chi connectivity index (χ2v) is 8.15. The topological polar surface area (TPSA) is 157 Å². The lowest BCUT2D eigenvalue weighted by Crippen LogP contribution is -2.06. The Kier molecular flexibility index (Phi) is 11.3. The molecule has 0 aromatic carbocycles. The maximum atomic E-state index is 11.7. The first-order valence-corrected chi connectivity index (χ1v) is 12.7. The van der Waals surface area contributed by atoms with E-state index in [1.807, 2.05) is 0 Å². The van der Waals surface area contributed by atoms with Gasteiger partial charge in [0.2, 0.25) is 0 Å². The van der Waals surface area contributed by atoms with Crippen molar-refractivity contribution < 1.29 is 38.1 Å². The SMILES string of the molecule is CCOC(=O)c1ccnc(-c2cc(C(=O)OCC)ccn2)c1.COC(=O)c1ccc(-c2ccc(C(=O)OC)cn2)nc1. The van der Waals surface area contributed by atoms with E-state index in [2.05, 4.69) is 29.4 Å². The second kappa shape index (κ2) is 15.3. The Morgan fingerprint density at radius 1 is 0.524 bits per heavy atom. The van der Waals surface area contributed by atoms with E-state index in [4.69, 9.17) is 9.47 Å². The van der Waals surface area contributed by atoms with Crippen LogP contribution in [0.2, 0.25) is 0 Å². The smallest absolute Gasteiger partial charge is 0.339 e. The van der Waals surface area contributed by atoms with E-state index in [1.54, 1.807) is 62.4 Å². The lowest BCUT2D eigenvalue weighted by Gasteiger charge is -2.06. The van der Waals surface area contributed by atoms with Crippen LogP contribution in [-0.4, -0.2) is 71.2 Å². The van der Waals surface area contributed by atoms with Gasteiger partial charge in [-0.2, -0.15) is 0 Å². The third kappa shape index (κ3) is 8.24. The van der Waals surface area contributed by atoms with Crippen LogP contribution in [0.5, 0.6) is 0 Å². The Hall–Kier alpha value is -5.52. The van der Waals surface area contributed by atoms with Gasteiger partial charge >= 0.3 is 23.9 Å². The first kappa shape index (κ1) is 31.0. The summed E-state index contributed by atoms with van der Waals surface area (Å²) in [6, 6.07) is 12.8. The third-order valence-corrected chi connectivity index (χ3v) is 5.44. The van der Waals surface area contributed by atoms with Gasteiger partial charge in [-0.05, 0) is 62.4 Å². The Bertz CT molecular complexity index is 1420. The van der Waals surface area contributed by atoms with Crippen molar-refractivity contribution >= 4 is 23.9 Å². The van der Waals surface area contributed by atoms with E-state index in [1.165, 1.54) is 39.0 Å². The largest absolute Gasteiger partial charge is 0.465 e. The Labute approximate surface area is 241 Å². The van der Waals surface area contributed by atoms with Gasteiger partial charge in [-0.15, -0.1) is 0 Å². The number of rotatable bonds is 8. The summed E-state index contributed by atoms with van der Waals surface area (Å²) in [6.07, 6.45) is 5.83. The third-order valence-electron chi connectivity index (χ3n) is 5.44. The average molecular weight is 573 g/mol. The standard InChI is InChI=1S/C16H16N2O4.C14H12N2O4/c1-3-21-15(19)11-5-7-17-13(9-11)14-10-12(6-8-18-14)16(20)22-4-2;1-19-13(17)9-3-5-11(15-7-9)12-6-4-10(8-16-12)14(18)20-2/h5-10H,3-4H2,1-2H3;3-8H,1-2H3. The van der Waals surface area contributed by atoms with E-state index in [-0.39, 0.29) is 0 Å². The molecule has 0 bridgehead atoms. The molecule has 0 saturated carbocycles. The molecule has 4 heterocycles. The summed E-state index contributed by atoms with van der Waals surface area (Å²) in [5.74, 6) is -1.74. The van der Waals surface area contributed by atoms with Crippen LogP contribution >= 0.6 is 0 Å². The number of methoxy groups -OCH3 is 2. The second-order valence-electron chi connectivity index (χ2n) is 8.15. The van der Waals surface area contributed by atoms with Gasteiger partial charge in [0.15, 0.2) is 0 Å². The number of ether oxygens (including phenoxy) is 4.